The van der Waals surface area contributed by atoms with E-state index in [1.807, 2.05) is 31.4 Å². The molecule has 2 N–H and O–H groups in total. The van der Waals surface area contributed by atoms with Gasteiger partial charge in [0.25, 0.3) is 0 Å². The van der Waals surface area contributed by atoms with Crippen LogP contribution in [-0.2, 0) is 7.05 Å². The second-order valence-corrected chi connectivity index (χ2v) is 9.35. The van der Waals surface area contributed by atoms with Gasteiger partial charge in [0.1, 0.15) is 6.10 Å². The van der Waals surface area contributed by atoms with Gasteiger partial charge in [-0.05, 0) is 43.2 Å². The van der Waals surface area contributed by atoms with Crippen LogP contribution in [0.1, 0.15) is 39.0 Å². The molecular weight excluding hydrogens is 420 g/mol. The molecule has 2 aliphatic rings. The van der Waals surface area contributed by atoms with E-state index < -0.39 is 6.09 Å². The molecular formula is C24H30N6O3. The van der Waals surface area contributed by atoms with Crippen LogP contribution in [0.2, 0.25) is 0 Å². The highest BCUT2D eigenvalue weighted by Gasteiger charge is 2.29. The van der Waals surface area contributed by atoms with E-state index in [9.17, 15) is 9.90 Å². The zero-order chi connectivity index (χ0) is 22.9. The molecule has 1 aromatic carbocycles. The van der Waals surface area contributed by atoms with E-state index in [0.717, 1.165) is 40.8 Å². The van der Waals surface area contributed by atoms with Crippen molar-refractivity contribution < 1.29 is 14.6 Å². The van der Waals surface area contributed by atoms with Crippen molar-refractivity contribution in [2.75, 3.05) is 18.4 Å². The quantitative estimate of drug-likeness (QED) is 0.601. The van der Waals surface area contributed by atoms with E-state index in [1.165, 1.54) is 17.7 Å². The van der Waals surface area contributed by atoms with Gasteiger partial charge in [0.05, 0.1) is 17.6 Å². The van der Waals surface area contributed by atoms with Crippen molar-refractivity contribution in [2.24, 2.45) is 13.0 Å². The molecule has 1 saturated carbocycles. The maximum Gasteiger partial charge on any atom is 0.407 e. The first-order valence-electron chi connectivity index (χ1n) is 11.7. The summed E-state index contributed by atoms with van der Waals surface area (Å²) in [5, 5.41) is 18.4. The second-order valence-electron chi connectivity index (χ2n) is 9.35. The first-order valence-corrected chi connectivity index (χ1v) is 11.7. The van der Waals surface area contributed by atoms with E-state index in [4.69, 9.17) is 9.72 Å². The highest BCUT2D eigenvalue weighted by Crippen LogP contribution is 2.33. The Balaban J connectivity index is 1.44. The molecule has 1 unspecified atom stereocenters. The lowest BCUT2D eigenvalue weighted by Crippen LogP contribution is -2.29. The number of hydrogen-bond acceptors (Lipinski definition) is 6. The number of amides is 1. The van der Waals surface area contributed by atoms with Gasteiger partial charge in [0.15, 0.2) is 0 Å². The monoisotopic (exact) mass is 450 g/mol. The molecule has 33 heavy (non-hydrogen) atoms. The van der Waals surface area contributed by atoms with Crippen molar-refractivity contribution in [3.63, 3.8) is 0 Å². The van der Waals surface area contributed by atoms with Crippen molar-refractivity contribution in [2.45, 2.75) is 51.2 Å². The average molecular weight is 451 g/mol. The number of rotatable bonds is 5. The lowest BCUT2D eigenvalue weighted by Gasteiger charge is -2.27. The molecule has 9 nitrogen and oxygen atoms in total. The zero-order valence-corrected chi connectivity index (χ0v) is 19.1. The number of carboxylic acid groups (broad SMARTS) is 1. The molecule has 1 aliphatic heterocycles. The minimum absolute atomic E-state index is 0.239. The lowest BCUT2D eigenvalue weighted by molar-refractivity contribution is 0.144. The van der Waals surface area contributed by atoms with Gasteiger partial charge in [-0.3, -0.25) is 4.68 Å². The lowest BCUT2D eigenvalue weighted by atomic mass is 9.87. The topological polar surface area (TPSA) is 105 Å². The fraction of sp³-hybridized carbons (Fsp3) is 0.500. The van der Waals surface area contributed by atoms with Crippen LogP contribution in [0, 0.1) is 5.92 Å². The Morgan fingerprint density at radius 3 is 2.79 bits per heavy atom. The highest BCUT2D eigenvalue weighted by molar-refractivity contribution is 5.84. The van der Waals surface area contributed by atoms with Gasteiger partial charge in [-0.1, -0.05) is 19.1 Å². The van der Waals surface area contributed by atoms with E-state index >= 15 is 0 Å². The largest absolute Gasteiger partial charge is 0.472 e. The molecule has 174 valence electrons. The van der Waals surface area contributed by atoms with Gasteiger partial charge in [0.2, 0.25) is 11.8 Å². The minimum atomic E-state index is -0.918. The Hall–Kier alpha value is -3.36. The summed E-state index contributed by atoms with van der Waals surface area (Å²) in [6, 6.07) is 6.41. The number of ether oxygens (including phenoxy) is 1. The summed E-state index contributed by atoms with van der Waals surface area (Å²) in [6.45, 7) is 3.10. The molecule has 3 aromatic rings. The van der Waals surface area contributed by atoms with Crippen LogP contribution in [0.5, 0.6) is 5.88 Å². The third-order valence-electron chi connectivity index (χ3n) is 6.73. The SMILES string of the molecule is Cn1cc2ccc(-c3cnc(N[C@H]4CC[C@H](C)CC4)nc3OC3CCN(C(=O)O)C3)cc2n1. The molecule has 0 radical (unpaired) electrons. The van der Waals surface area contributed by atoms with Crippen LogP contribution >= 0.6 is 0 Å². The maximum atomic E-state index is 11.3. The summed E-state index contributed by atoms with van der Waals surface area (Å²) in [5.74, 6) is 1.80. The molecule has 2 fully saturated rings. The summed E-state index contributed by atoms with van der Waals surface area (Å²) in [6.07, 6.45) is 7.87. The number of fused-ring (bicyclic) bond motifs is 1. The molecule has 5 rings (SSSR count). The molecule has 0 spiro atoms. The minimum Gasteiger partial charge on any atom is -0.472 e. The third-order valence-corrected chi connectivity index (χ3v) is 6.73. The Morgan fingerprint density at radius 1 is 1.21 bits per heavy atom. The normalized spacial score (nSPS) is 23.1. The third kappa shape index (κ3) is 4.72. The van der Waals surface area contributed by atoms with Gasteiger partial charge >= 0.3 is 6.09 Å². The number of carbonyl (C=O) groups is 1. The number of aromatic nitrogens is 4. The van der Waals surface area contributed by atoms with E-state index in [0.29, 0.717) is 37.4 Å². The number of benzene rings is 1. The maximum absolute atomic E-state index is 11.3. The van der Waals surface area contributed by atoms with Crippen LogP contribution in [0.25, 0.3) is 22.0 Å². The molecule has 1 atom stereocenters. The Bertz CT molecular complexity index is 1150. The van der Waals surface area contributed by atoms with E-state index in [2.05, 4.69) is 22.3 Å². The Labute approximate surface area is 192 Å². The number of nitrogens with one attached hydrogen (secondary N) is 1. The first kappa shape index (κ1) is 21.5. The van der Waals surface area contributed by atoms with Crippen molar-refractivity contribution >= 4 is 22.9 Å². The highest BCUT2D eigenvalue weighted by atomic mass is 16.5. The van der Waals surface area contributed by atoms with Crippen LogP contribution in [0.15, 0.2) is 30.6 Å². The average Bonchev–Trinajstić information content (AvgIpc) is 3.41. The van der Waals surface area contributed by atoms with Gasteiger partial charge in [-0.25, -0.2) is 9.78 Å². The molecule has 2 aromatic heterocycles. The number of likely N-dealkylation sites (tertiary alicyclic amines) is 1. The molecule has 1 amide bonds. The molecule has 1 saturated heterocycles. The Morgan fingerprint density at radius 2 is 2.03 bits per heavy atom. The van der Waals surface area contributed by atoms with Crippen molar-refractivity contribution in [1.29, 1.82) is 0 Å². The van der Waals surface area contributed by atoms with Crippen LogP contribution in [0.4, 0.5) is 10.7 Å². The van der Waals surface area contributed by atoms with Crippen molar-refractivity contribution in [3.8, 4) is 17.0 Å². The van der Waals surface area contributed by atoms with Crippen LogP contribution in [0.3, 0.4) is 0 Å². The fourth-order valence-corrected chi connectivity index (χ4v) is 4.77. The molecule has 0 bridgehead atoms. The first-order chi connectivity index (χ1) is 15.9. The Kier molecular flexibility index (Phi) is 5.78. The summed E-state index contributed by atoms with van der Waals surface area (Å²) >= 11 is 0. The second kappa shape index (κ2) is 8.88. The number of nitrogens with zero attached hydrogens (tertiary/aromatic N) is 5. The van der Waals surface area contributed by atoms with Crippen molar-refractivity contribution in [3.05, 3.63) is 30.6 Å². The number of aryl methyl sites for hydroxylation is 1. The number of anilines is 1. The molecule has 3 heterocycles. The van der Waals surface area contributed by atoms with Gasteiger partial charge in [0, 0.05) is 43.8 Å². The number of hydrogen-bond donors (Lipinski definition) is 2. The standard InChI is InChI=1S/C24H30N6O3/c1-15-3-7-18(8-4-15)26-23-25-12-20(16-5-6-17-13-29(2)28-21(17)11-16)22(27-23)33-19-9-10-30(14-19)24(31)32/h5-6,11-13,15,18-19H,3-4,7-10,14H2,1-2H3,(H,31,32)(H,25,26,27)/t15-,18-,19?. The van der Waals surface area contributed by atoms with Crippen LogP contribution < -0.4 is 10.1 Å². The van der Waals surface area contributed by atoms with Gasteiger partial charge < -0.3 is 20.1 Å². The molecule has 9 heteroatoms. The zero-order valence-electron chi connectivity index (χ0n) is 19.1. The summed E-state index contributed by atoms with van der Waals surface area (Å²) < 4.78 is 8.07. The van der Waals surface area contributed by atoms with Crippen LogP contribution in [-0.4, -0.2) is 61.1 Å². The molecule has 1 aliphatic carbocycles. The summed E-state index contributed by atoms with van der Waals surface area (Å²) in [5.41, 5.74) is 2.58. The summed E-state index contributed by atoms with van der Waals surface area (Å²) in [4.78, 5) is 22.1. The predicted molar refractivity (Wildman–Crippen MR) is 125 cm³/mol. The van der Waals surface area contributed by atoms with Gasteiger partial charge in [-0.2, -0.15) is 10.1 Å². The van der Waals surface area contributed by atoms with Crippen molar-refractivity contribution in [1.82, 2.24) is 24.6 Å². The fourth-order valence-electron chi connectivity index (χ4n) is 4.77. The van der Waals surface area contributed by atoms with Gasteiger partial charge in [-0.15, -0.1) is 0 Å². The van der Waals surface area contributed by atoms with E-state index in [1.54, 1.807) is 10.9 Å². The predicted octanol–water partition coefficient (Wildman–Crippen LogP) is 4.15. The van der Waals surface area contributed by atoms with E-state index in [-0.39, 0.29) is 6.10 Å². The summed E-state index contributed by atoms with van der Waals surface area (Å²) in [7, 11) is 1.90. The smallest absolute Gasteiger partial charge is 0.407 e.